The number of rotatable bonds is 8. The van der Waals surface area contributed by atoms with E-state index in [1.807, 2.05) is 18.2 Å². The van der Waals surface area contributed by atoms with Crippen LogP contribution in [-0.2, 0) is 4.74 Å². The molecule has 1 rings (SSSR count). The van der Waals surface area contributed by atoms with Gasteiger partial charge in [-0.05, 0) is 31.9 Å². The molecule has 19 heavy (non-hydrogen) atoms. The van der Waals surface area contributed by atoms with E-state index >= 15 is 0 Å². The molecule has 0 heterocycles. The van der Waals surface area contributed by atoms with Crippen molar-refractivity contribution in [3.8, 4) is 0 Å². The Hall–Kier alpha value is -0.420. The molecule has 0 saturated heterocycles. The normalized spacial score (nSPS) is 13.2. The number of hydrogen-bond donors (Lipinski definition) is 1. The fraction of sp³-hybridized carbons (Fsp3) is 0.600. The van der Waals surface area contributed by atoms with Crippen LogP contribution in [0.15, 0.2) is 28.7 Å². The number of methoxy groups -OCH3 is 1. The summed E-state index contributed by atoms with van der Waals surface area (Å²) in [5, 5.41) is 0. The van der Waals surface area contributed by atoms with Crippen molar-refractivity contribution in [2.75, 3.05) is 26.8 Å². The van der Waals surface area contributed by atoms with Crippen LogP contribution in [0.5, 0.6) is 0 Å². The Morgan fingerprint density at radius 3 is 2.53 bits per heavy atom. The Balaban J connectivity index is 2.52. The topological polar surface area (TPSA) is 38.5 Å². The quantitative estimate of drug-likeness (QED) is 0.796. The third kappa shape index (κ3) is 5.61. The third-order valence-corrected chi connectivity index (χ3v) is 4.07. The molecule has 1 unspecified atom stereocenters. The number of ether oxygens (including phenoxy) is 1. The SMILES string of the molecule is COCCN(CCC(N)c1ccccc1Br)C(C)C. The van der Waals surface area contributed by atoms with Gasteiger partial charge in [0, 0.05) is 36.8 Å². The van der Waals surface area contributed by atoms with E-state index in [0.29, 0.717) is 6.04 Å². The first-order valence-electron chi connectivity index (χ1n) is 6.79. The van der Waals surface area contributed by atoms with E-state index in [-0.39, 0.29) is 6.04 Å². The Morgan fingerprint density at radius 1 is 1.26 bits per heavy atom. The average Bonchev–Trinajstić information content (AvgIpc) is 2.38. The zero-order valence-corrected chi connectivity index (χ0v) is 13.7. The number of hydrogen-bond acceptors (Lipinski definition) is 3. The summed E-state index contributed by atoms with van der Waals surface area (Å²) in [7, 11) is 1.74. The molecule has 4 heteroatoms. The molecule has 0 bridgehead atoms. The maximum atomic E-state index is 6.29. The average molecular weight is 329 g/mol. The monoisotopic (exact) mass is 328 g/mol. The molecule has 0 spiro atoms. The standard InChI is InChI=1S/C15H25BrN2O/c1-12(2)18(10-11-19-3)9-8-15(17)13-6-4-5-7-14(13)16/h4-7,12,15H,8-11,17H2,1-3H3. The summed E-state index contributed by atoms with van der Waals surface area (Å²) in [5.74, 6) is 0. The minimum Gasteiger partial charge on any atom is -0.383 e. The number of nitrogens with zero attached hydrogens (tertiary/aromatic N) is 1. The van der Waals surface area contributed by atoms with Crippen LogP contribution in [0, 0.1) is 0 Å². The van der Waals surface area contributed by atoms with E-state index in [1.165, 1.54) is 5.56 Å². The Labute approximate surface area is 125 Å². The highest BCUT2D eigenvalue weighted by Crippen LogP contribution is 2.23. The highest BCUT2D eigenvalue weighted by Gasteiger charge is 2.13. The fourth-order valence-corrected chi connectivity index (χ4v) is 2.65. The lowest BCUT2D eigenvalue weighted by Crippen LogP contribution is -2.36. The van der Waals surface area contributed by atoms with Crippen molar-refractivity contribution in [1.82, 2.24) is 4.90 Å². The summed E-state index contributed by atoms with van der Waals surface area (Å²) in [5.41, 5.74) is 7.46. The molecule has 0 fully saturated rings. The molecule has 0 aliphatic heterocycles. The first-order chi connectivity index (χ1) is 9.06. The van der Waals surface area contributed by atoms with Crippen molar-refractivity contribution in [3.05, 3.63) is 34.3 Å². The predicted molar refractivity (Wildman–Crippen MR) is 84.3 cm³/mol. The van der Waals surface area contributed by atoms with Crippen molar-refractivity contribution in [1.29, 1.82) is 0 Å². The summed E-state index contributed by atoms with van der Waals surface area (Å²) in [6.07, 6.45) is 0.949. The number of nitrogens with two attached hydrogens (primary N) is 1. The van der Waals surface area contributed by atoms with Crippen LogP contribution in [-0.4, -0.2) is 37.7 Å². The molecule has 1 aromatic carbocycles. The maximum Gasteiger partial charge on any atom is 0.0589 e. The van der Waals surface area contributed by atoms with Gasteiger partial charge in [0.15, 0.2) is 0 Å². The first-order valence-corrected chi connectivity index (χ1v) is 7.58. The lowest BCUT2D eigenvalue weighted by atomic mass is 10.0. The van der Waals surface area contributed by atoms with Gasteiger partial charge in [-0.3, -0.25) is 4.90 Å². The second-order valence-corrected chi connectivity index (χ2v) is 5.89. The van der Waals surface area contributed by atoms with Gasteiger partial charge in [-0.15, -0.1) is 0 Å². The highest BCUT2D eigenvalue weighted by molar-refractivity contribution is 9.10. The zero-order valence-electron chi connectivity index (χ0n) is 12.1. The first kappa shape index (κ1) is 16.6. The molecule has 3 nitrogen and oxygen atoms in total. The van der Waals surface area contributed by atoms with Crippen LogP contribution >= 0.6 is 15.9 Å². The molecule has 0 aliphatic rings. The van der Waals surface area contributed by atoms with E-state index in [1.54, 1.807) is 7.11 Å². The molecule has 0 saturated carbocycles. The Kier molecular flexibility index (Phi) is 7.61. The summed E-state index contributed by atoms with van der Waals surface area (Å²) < 4.78 is 6.25. The molecule has 1 aromatic rings. The molecule has 1 atom stereocenters. The fourth-order valence-electron chi connectivity index (χ4n) is 2.07. The Morgan fingerprint density at radius 2 is 1.95 bits per heavy atom. The van der Waals surface area contributed by atoms with Gasteiger partial charge >= 0.3 is 0 Å². The molecule has 0 amide bonds. The van der Waals surface area contributed by atoms with Crippen molar-refractivity contribution in [2.24, 2.45) is 5.73 Å². The maximum absolute atomic E-state index is 6.29. The van der Waals surface area contributed by atoms with Crippen molar-refractivity contribution < 1.29 is 4.74 Å². The lowest BCUT2D eigenvalue weighted by molar-refractivity contribution is 0.127. The van der Waals surface area contributed by atoms with Crippen molar-refractivity contribution in [2.45, 2.75) is 32.4 Å². The summed E-state index contributed by atoms with van der Waals surface area (Å²) in [4.78, 5) is 2.40. The van der Waals surface area contributed by atoms with Crippen LogP contribution in [0.25, 0.3) is 0 Å². The predicted octanol–water partition coefficient (Wildman–Crippen LogP) is 3.20. The third-order valence-electron chi connectivity index (χ3n) is 3.34. The van der Waals surface area contributed by atoms with Crippen LogP contribution in [0.1, 0.15) is 31.9 Å². The van der Waals surface area contributed by atoms with Gasteiger partial charge in [-0.25, -0.2) is 0 Å². The van der Waals surface area contributed by atoms with Gasteiger partial charge in [0.25, 0.3) is 0 Å². The van der Waals surface area contributed by atoms with Gasteiger partial charge in [0.1, 0.15) is 0 Å². The molecular formula is C15H25BrN2O. The number of benzene rings is 1. The van der Waals surface area contributed by atoms with Gasteiger partial charge < -0.3 is 10.5 Å². The highest BCUT2D eigenvalue weighted by atomic mass is 79.9. The van der Waals surface area contributed by atoms with Gasteiger partial charge in [0.2, 0.25) is 0 Å². The Bertz CT molecular complexity index is 371. The van der Waals surface area contributed by atoms with Crippen molar-refractivity contribution in [3.63, 3.8) is 0 Å². The van der Waals surface area contributed by atoms with E-state index in [0.717, 1.165) is 30.6 Å². The van der Waals surface area contributed by atoms with E-state index in [4.69, 9.17) is 10.5 Å². The summed E-state index contributed by atoms with van der Waals surface area (Å²) in [6.45, 7) is 7.13. The van der Waals surface area contributed by atoms with Gasteiger partial charge in [0.05, 0.1) is 6.61 Å². The zero-order chi connectivity index (χ0) is 14.3. The van der Waals surface area contributed by atoms with Crippen LogP contribution in [0.3, 0.4) is 0 Å². The molecule has 0 aromatic heterocycles. The second kappa shape index (κ2) is 8.69. The van der Waals surface area contributed by atoms with Crippen LogP contribution in [0.2, 0.25) is 0 Å². The van der Waals surface area contributed by atoms with Crippen molar-refractivity contribution >= 4 is 15.9 Å². The minimum atomic E-state index is 0.0689. The van der Waals surface area contributed by atoms with Gasteiger partial charge in [-0.1, -0.05) is 34.1 Å². The van der Waals surface area contributed by atoms with Gasteiger partial charge in [-0.2, -0.15) is 0 Å². The van der Waals surface area contributed by atoms with Crippen LogP contribution < -0.4 is 5.73 Å². The smallest absolute Gasteiger partial charge is 0.0589 e. The lowest BCUT2D eigenvalue weighted by Gasteiger charge is -2.27. The molecular weight excluding hydrogens is 304 g/mol. The second-order valence-electron chi connectivity index (χ2n) is 5.04. The summed E-state index contributed by atoms with van der Waals surface area (Å²) >= 11 is 3.56. The summed E-state index contributed by atoms with van der Waals surface area (Å²) in [6, 6.07) is 8.76. The molecule has 108 valence electrons. The molecule has 0 aliphatic carbocycles. The van der Waals surface area contributed by atoms with Crippen LogP contribution in [0.4, 0.5) is 0 Å². The largest absolute Gasteiger partial charge is 0.383 e. The number of halogens is 1. The van der Waals surface area contributed by atoms with E-state index in [9.17, 15) is 0 Å². The van der Waals surface area contributed by atoms with E-state index in [2.05, 4.69) is 40.7 Å². The molecule has 2 N–H and O–H groups in total. The molecule has 0 radical (unpaired) electrons. The van der Waals surface area contributed by atoms with E-state index < -0.39 is 0 Å². The minimum absolute atomic E-state index is 0.0689.